The minimum atomic E-state index is -2.64. The lowest BCUT2D eigenvalue weighted by Gasteiger charge is -2.43. The maximum absolute atomic E-state index is 13.9. The second kappa shape index (κ2) is 8.63. The average Bonchev–Trinajstić information content (AvgIpc) is 3.18. The molecule has 0 radical (unpaired) electrons. The molecular weight excluding hydrogens is 402 g/mol. The number of benzene rings is 2. The Morgan fingerprint density at radius 2 is 1.84 bits per heavy atom. The van der Waals surface area contributed by atoms with E-state index in [4.69, 9.17) is 4.74 Å². The number of piperazine rings is 1. The largest absolute Gasteiger partial charge is 0.465 e. The van der Waals surface area contributed by atoms with Crippen molar-refractivity contribution in [1.29, 1.82) is 0 Å². The number of aromatic nitrogens is 2. The number of alkyl halides is 2. The van der Waals surface area contributed by atoms with Gasteiger partial charge in [-0.05, 0) is 50.2 Å². The van der Waals surface area contributed by atoms with Crippen molar-refractivity contribution < 1.29 is 18.3 Å². The third-order valence-electron chi connectivity index (χ3n) is 6.02. The zero-order chi connectivity index (χ0) is 22.1. The molecule has 2 unspecified atom stereocenters. The third-order valence-corrected chi connectivity index (χ3v) is 6.02. The summed E-state index contributed by atoms with van der Waals surface area (Å²) >= 11 is 0. The van der Waals surface area contributed by atoms with Crippen LogP contribution in [0.1, 0.15) is 42.6 Å². The number of para-hydroxylation sites is 2. The van der Waals surface area contributed by atoms with E-state index in [2.05, 4.69) is 21.7 Å². The molecule has 0 N–H and O–H groups in total. The number of rotatable bonds is 5. The zero-order valence-corrected chi connectivity index (χ0v) is 17.8. The van der Waals surface area contributed by atoms with Gasteiger partial charge >= 0.3 is 12.5 Å². The number of ether oxygens (including phenoxy) is 1. The number of anilines is 1. The number of carbonyl (C=O) groups is 1. The Kier molecular flexibility index (Phi) is 5.91. The summed E-state index contributed by atoms with van der Waals surface area (Å²) in [6.45, 7) is 3.61. The fraction of sp³-hybridized carbons (Fsp3) is 0.391. The lowest BCUT2D eigenvalue weighted by molar-refractivity contribution is 0.0592. The first kappa shape index (κ1) is 21.2. The highest BCUT2D eigenvalue weighted by Gasteiger charge is 2.32. The average molecular weight is 428 g/mol. The van der Waals surface area contributed by atoms with Crippen LogP contribution in [-0.2, 0) is 4.74 Å². The van der Waals surface area contributed by atoms with E-state index >= 15 is 0 Å². The van der Waals surface area contributed by atoms with Crippen LogP contribution in [0.4, 0.5) is 14.5 Å². The zero-order valence-electron chi connectivity index (χ0n) is 17.8. The molecule has 164 valence electrons. The molecule has 1 aliphatic rings. The van der Waals surface area contributed by atoms with Gasteiger partial charge in [-0.25, -0.2) is 9.78 Å². The van der Waals surface area contributed by atoms with Crippen molar-refractivity contribution >= 4 is 22.7 Å². The van der Waals surface area contributed by atoms with E-state index < -0.39 is 6.55 Å². The van der Waals surface area contributed by atoms with Crippen LogP contribution in [0, 0.1) is 0 Å². The monoisotopic (exact) mass is 428 g/mol. The molecule has 0 amide bonds. The number of halogens is 2. The Bertz CT molecular complexity index is 1070. The van der Waals surface area contributed by atoms with Gasteiger partial charge in [0.2, 0.25) is 0 Å². The van der Waals surface area contributed by atoms with Crippen LogP contribution in [0.2, 0.25) is 0 Å². The fourth-order valence-corrected chi connectivity index (χ4v) is 4.42. The van der Waals surface area contributed by atoms with Gasteiger partial charge in [-0.3, -0.25) is 9.47 Å². The first-order valence-corrected chi connectivity index (χ1v) is 10.3. The predicted octanol–water partition coefficient (Wildman–Crippen LogP) is 4.49. The van der Waals surface area contributed by atoms with Crippen molar-refractivity contribution in [2.45, 2.75) is 32.5 Å². The normalized spacial score (nSPS) is 18.5. The smallest absolute Gasteiger partial charge is 0.337 e. The van der Waals surface area contributed by atoms with Crippen molar-refractivity contribution in [2.75, 3.05) is 31.6 Å². The first-order valence-electron chi connectivity index (χ1n) is 10.3. The van der Waals surface area contributed by atoms with Crippen molar-refractivity contribution in [1.82, 2.24) is 14.5 Å². The number of hydrogen-bond donors (Lipinski definition) is 0. The predicted molar refractivity (Wildman–Crippen MR) is 116 cm³/mol. The number of esters is 1. The Balaban J connectivity index is 1.52. The van der Waals surface area contributed by atoms with Gasteiger partial charge in [-0.1, -0.05) is 12.1 Å². The van der Waals surface area contributed by atoms with Crippen molar-refractivity contribution in [3.8, 4) is 0 Å². The third kappa shape index (κ3) is 3.99. The van der Waals surface area contributed by atoms with Gasteiger partial charge in [-0.15, -0.1) is 0 Å². The summed E-state index contributed by atoms with van der Waals surface area (Å²) in [5.74, 6) is 0.0272. The number of methoxy groups -OCH3 is 1. The molecular formula is C23H26F2N4O2. The Morgan fingerprint density at radius 1 is 1.13 bits per heavy atom. The summed E-state index contributed by atoms with van der Waals surface area (Å²) in [4.78, 5) is 20.6. The quantitative estimate of drug-likeness (QED) is 0.561. The van der Waals surface area contributed by atoms with E-state index in [1.165, 1.54) is 7.11 Å². The summed E-state index contributed by atoms with van der Waals surface area (Å²) < 4.78 is 33.5. The molecule has 0 saturated carbocycles. The van der Waals surface area contributed by atoms with Gasteiger partial charge in [0.05, 0.1) is 29.7 Å². The topological polar surface area (TPSA) is 50.6 Å². The lowest BCUT2D eigenvalue weighted by atomic mass is 10.1. The first-order chi connectivity index (χ1) is 14.9. The molecule has 3 aromatic rings. The molecule has 1 fully saturated rings. The van der Waals surface area contributed by atoms with Gasteiger partial charge in [0, 0.05) is 31.4 Å². The van der Waals surface area contributed by atoms with Crippen molar-refractivity contribution in [3.63, 3.8) is 0 Å². The Morgan fingerprint density at radius 3 is 2.48 bits per heavy atom. The summed E-state index contributed by atoms with van der Waals surface area (Å²) in [5, 5.41) is 0. The van der Waals surface area contributed by atoms with Crippen LogP contribution in [0.15, 0.2) is 48.5 Å². The van der Waals surface area contributed by atoms with Gasteiger partial charge in [-0.2, -0.15) is 8.78 Å². The molecule has 2 atom stereocenters. The van der Waals surface area contributed by atoms with Crippen molar-refractivity contribution in [2.24, 2.45) is 0 Å². The number of imidazole rings is 1. The van der Waals surface area contributed by atoms with E-state index in [9.17, 15) is 13.6 Å². The lowest BCUT2D eigenvalue weighted by Crippen LogP contribution is -2.53. The van der Waals surface area contributed by atoms with E-state index in [-0.39, 0.29) is 18.1 Å². The molecule has 1 aromatic heterocycles. The van der Waals surface area contributed by atoms with Crippen LogP contribution in [-0.4, -0.2) is 53.2 Å². The minimum absolute atomic E-state index is 0.134. The summed E-state index contributed by atoms with van der Waals surface area (Å²) in [5.41, 5.74) is 2.57. The second-order valence-electron chi connectivity index (χ2n) is 7.85. The van der Waals surface area contributed by atoms with Crippen LogP contribution in [0.5, 0.6) is 0 Å². The molecule has 31 heavy (non-hydrogen) atoms. The molecule has 6 nitrogen and oxygen atoms in total. The molecule has 1 saturated heterocycles. The SMILES string of the molecule is COC(=O)c1ccc(N2CCN(C(C)c3nc4ccccc4n3C(F)F)C(C)C2)cc1. The van der Waals surface area contributed by atoms with Crippen LogP contribution >= 0.6 is 0 Å². The van der Waals surface area contributed by atoms with Gasteiger partial charge in [0.1, 0.15) is 5.82 Å². The van der Waals surface area contributed by atoms with Gasteiger partial charge < -0.3 is 9.64 Å². The molecule has 1 aliphatic heterocycles. The van der Waals surface area contributed by atoms with Gasteiger partial charge in [0.25, 0.3) is 0 Å². The van der Waals surface area contributed by atoms with Crippen LogP contribution in [0.25, 0.3) is 11.0 Å². The minimum Gasteiger partial charge on any atom is -0.465 e. The van der Waals surface area contributed by atoms with Crippen molar-refractivity contribution in [3.05, 3.63) is 59.9 Å². The molecule has 0 spiro atoms. The highest BCUT2D eigenvalue weighted by Crippen LogP contribution is 2.32. The number of nitrogens with zero attached hydrogens (tertiary/aromatic N) is 4. The molecule has 0 aliphatic carbocycles. The molecule has 2 aromatic carbocycles. The highest BCUT2D eigenvalue weighted by atomic mass is 19.3. The Hall–Kier alpha value is -3.00. The maximum atomic E-state index is 13.9. The molecule has 4 rings (SSSR count). The fourth-order valence-electron chi connectivity index (χ4n) is 4.42. The molecule has 0 bridgehead atoms. The van der Waals surface area contributed by atoms with Crippen LogP contribution < -0.4 is 4.90 Å². The van der Waals surface area contributed by atoms with E-state index in [0.29, 0.717) is 29.0 Å². The summed E-state index contributed by atoms with van der Waals surface area (Å²) in [7, 11) is 1.36. The van der Waals surface area contributed by atoms with E-state index in [1.807, 2.05) is 25.1 Å². The van der Waals surface area contributed by atoms with E-state index in [0.717, 1.165) is 23.3 Å². The molecule has 2 heterocycles. The number of carbonyl (C=O) groups excluding carboxylic acids is 1. The van der Waals surface area contributed by atoms with E-state index in [1.54, 1.807) is 30.3 Å². The maximum Gasteiger partial charge on any atom is 0.337 e. The summed E-state index contributed by atoms with van der Waals surface area (Å²) in [6.07, 6.45) is 0. The van der Waals surface area contributed by atoms with Crippen LogP contribution in [0.3, 0.4) is 0 Å². The summed E-state index contributed by atoms with van der Waals surface area (Å²) in [6, 6.07) is 14.2. The molecule has 8 heteroatoms. The number of fused-ring (bicyclic) bond motifs is 1. The standard InChI is InChI=1S/C23H26F2N4O2/c1-15-14-27(18-10-8-17(9-11-18)22(30)31-3)12-13-28(15)16(2)21-26-19-6-4-5-7-20(19)29(21)23(24)25/h4-11,15-16,23H,12-14H2,1-3H3. The number of hydrogen-bond acceptors (Lipinski definition) is 5. The van der Waals surface area contributed by atoms with Gasteiger partial charge in [0.15, 0.2) is 0 Å². The second-order valence-corrected chi connectivity index (χ2v) is 7.85. The Labute approximate surface area is 180 Å². The highest BCUT2D eigenvalue weighted by molar-refractivity contribution is 5.89.